The number of aromatic nitrogens is 4. The number of anilines is 1. The van der Waals surface area contributed by atoms with Crippen LogP contribution in [0.5, 0.6) is 0 Å². The molecular weight excluding hydrogens is 264 g/mol. The lowest BCUT2D eigenvalue weighted by Gasteiger charge is -2.32. The molecule has 2 aromatic rings. The van der Waals surface area contributed by atoms with Gasteiger partial charge in [0.05, 0.1) is 5.69 Å². The second kappa shape index (κ2) is 6.67. The summed E-state index contributed by atoms with van der Waals surface area (Å²) in [4.78, 5) is 2.29. The van der Waals surface area contributed by atoms with Gasteiger partial charge in [0.25, 0.3) is 0 Å². The SMILES string of the molecule is CCNCC1CCN(c2nnnn2-c2ccccc2)CC1. The second-order valence-corrected chi connectivity index (χ2v) is 5.46. The van der Waals surface area contributed by atoms with E-state index in [1.165, 1.54) is 12.8 Å². The standard InChI is InChI=1S/C15H22N6/c1-2-16-12-13-8-10-20(11-9-13)15-17-18-19-21(15)14-6-4-3-5-7-14/h3-7,13,16H,2,8-12H2,1H3. The smallest absolute Gasteiger partial charge is 0.250 e. The number of piperidine rings is 1. The third-order valence-electron chi connectivity index (χ3n) is 4.03. The van der Waals surface area contributed by atoms with Crippen LogP contribution in [0.25, 0.3) is 5.69 Å². The lowest BCUT2D eigenvalue weighted by molar-refractivity contribution is 0.383. The molecule has 2 heterocycles. The molecule has 1 saturated heterocycles. The summed E-state index contributed by atoms with van der Waals surface area (Å²) < 4.78 is 1.82. The van der Waals surface area contributed by atoms with Crippen LogP contribution in [0.2, 0.25) is 0 Å². The monoisotopic (exact) mass is 286 g/mol. The highest BCUT2D eigenvalue weighted by Crippen LogP contribution is 2.22. The zero-order chi connectivity index (χ0) is 14.5. The topological polar surface area (TPSA) is 58.9 Å². The minimum Gasteiger partial charge on any atom is -0.339 e. The Balaban J connectivity index is 1.68. The molecule has 21 heavy (non-hydrogen) atoms. The van der Waals surface area contributed by atoms with Gasteiger partial charge < -0.3 is 10.2 Å². The summed E-state index contributed by atoms with van der Waals surface area (Å²) in [6.07, 6.45) is 2.38. The van der Waals surface area contributed by atoms with Gasteiger partial charge in [0, 0.05) is 13.1 Å². The van der Waals surface area contributed by atoms with Crippen LogP contribution in [-0.2, 0) is 0 Å². The van der Waals surface area contributed by atoms with Crippen molar-refractivity contribution in [1.29, 1.82) is 0 Å². The van der Waals surface area contributed by atoms with Crippen molar-refractivity contribution >= 4 is 5.95 Å². The van der Waals surface area contributed by atoms with Crippen molar-refractivity contribution < 1.29 is 0 Å². The first kappa shape index (κ1) is 14.0. The normalized spacial score (nSPS) is 16.3. The van der Waals surface area contributed by atoms with Crippen molar-refractivity contribution in [1.82, 2.24) is 25.5 Å². The molecule has 0 aliphatic carbocycles. The largest absolute Gasteiger partial charge is 0.339 e. The molecule has 1 aliphatic rings. The number of nitrogens with zero attached hydrogens (tertiary/aromatic N) is 5. The van der Waals surface area contributed by atoms with Crippen LogP contribution in [0, 0.1) is 5.92 Å². The van der Waals surface area contributed by atoms with Crippen LogP contribution < -0.4 is 10.2 Å². The zero-order valence-electron chi connectivity index (χ0n) is 12.4. The summed E-state index contributed by atoms with van der Waals surface area (Å²) in [7, 11) is 0. The Kier molecular flexibility index (Phi) is 4.45. The molecule has 6 nitrogen and oxygen atoms in total. The fraction of sp³-hybridized carbons (Fsp3) is 0.533. The number of rotatable bonds is 5. The molecule has 1 fully saturated rings. The zero-order valence-corrected chi connectivity index (χ0v) is 12.4. The van der Waals surface area contributed by atoms with Gasteiger partial charge in [-0.1, -0.05) is 30.2 Å². The highest BCUT2D eigenvalue weighted by Gasteiger charge is 2.23. The number of para-hydroxylation sites is 1. The number of nitrogens with one attached hydrogen (secondary N) is 1. The highest BCUT2D eigenvalue weighted by atomic mass is 15.6. The van der Waals surface area contributed by atoms with Crippen molar-refractivity contribution in [2.24, 2.45) is 5.92 Å². The predicted molar refractivity (Wildman–Crippen MR) is 82.6 cm³/mol. The molecule has 0 bridgehead atoms. The molecule has 6 heteroatoms. The number of hydrogen-bond donors (Lipinski definition) is 1. The van der Waals surface area contributed by atoms with Gasteiger partial charge in [0.15, 0.2) is 0 Å². The Hall–Kier alpha value is -1.95. The molecular formula is C15H22N6. The van der Waals surface area contributed by atoms with Crippen molar-refractivity contribution in [2.75, 3.05) is 31.1 Å². The maximum absolute atomic E-state index is 4.22. The Morgan fingerprint density at radius 2 is 1.95 bits per heavy atom. The van der Waals surface area contributed by atoms with Crippen LogP contribution in [0.4, 0.5) is 5.95 Å². The molecule has 0 amide bonds. The quantitative estimate of drug-likeness (QED) is 0.902. The fourth-order valence-corrected chi connectivity index (χ4v) is 2.80. The number of benzene rings is 1. The molecule has 1 aromatic carbocycles. The van der Waals surface area contributed by atoms with Gasteiger partial charge in [0.2, 0.25) is 5.95 Å². The van der Waals surface area contributed by atoms with Gasteiger partial charge in [-0.25, -0.2) is 0 Å². The lowest BCUT2D eigenvalue weighted by Crippen LogP contribution is -2.38. The Labute approximate surface area is 125 Å². The maximum Gasteiger partial charge on any atom is 0.250 e. The van der Waals surface area contributed by atoms with E-state index in [2.05, 4.69) is 32.7 Å². The Bertz CT molecular complexity index is 544. The second-order valence-electron chi connectivity index (χ2n) is 5.46. The third-order valence-corrected chi connectivity index (χ3v) is 4.03. The summed E-state index contributed by atoms with van der Waals surface area (Å²) in [5.41, 5.74) is 1.01. The first-order chi connectivity index (χ1) is 10.4. The van der Waals surface area contributed by atoms with Crippen LogP contribution in [-0.4, -0.2) is 46.4 Å². The molecule has 1 N–H and O–H groups in total. The van der Waals surface area contributed by atoms with Gasteiger partial charge >= 0.3 is 0 Å². The van der Waals surface area contributed by atoms with E-state index in [-0.39, 0.29) is 0 Å². The van der Waals surface area contributed by atoms with Crippen LogP contribution in [0.15, 0.2) is 30.3 Å². The van der Waals surface area contributed by atoms with E-state index in [4.69, 9.17) is 0 Å². The van der Waals surface area contributed by atoms with Crippen LogP contribution >= 0.6 is 0 Å². The average molecular weight is 286 g/mol. The third kappa shape index (κ3) is 3.21. The molecule has 0 saturated carbocycles. The molecule has 1 aromatic heterocycles. The van der Waals surface area contributed by atoms with Crippen molar-refractivity contribution in [3.05, 3.63) is 30.3 Å². The maximum atomic E-state index is 4.22. The Morgan fingerprint density at radius 3 is 2.67 bits per heavy atom. The molecule has 0 spiro atoms. The van der Waals surface area contributed by atoms with E-state index in [0.717, 1.165) is 43.7 Å². The van der Waals surface area contributed by atoms with Gasteiger partial charge in [-0.05, 0) is 54.4 Å². The van der Waals surface area contributed by atoms with Crippen molar-refractivity contribution in [3.63, 3.8) is 0 Å². The molecule has 1 aliphatic heterocycles. The number of hydrogen-bond acceptors (Lipinski definition) is 5. The van der Waals surface area contributed by atoms with Gasteiger partial charge in [-0.2, -0.15) is 4.68 Å². The van der Waals surface area contributed by atoms with Gasteiger partial charge in [0.1, 0.15) is 0 Å². The van der Waals surface area contributed by atoms with Crippen molar-refractivity contribution in [3.8, 4) is 5.69 Å². The fourth-order valence-electron chi connectivity index (χ4n) is 2.80. The van der Waals surface area contributed by atoms with E-state index in [9.17, 15) is 0 Å². The summed E-state index contributed by atoms with van der Waals surface area (Å²) >= 11 is 0. The summed E-state index contributed by atoms with van der Waals surface area (Å²) in [6, 6.07) is 10.1. The minimum absolute atomic E-state index is 0.766. The summed E-state index contributed by atoms with van der Waals surface area (Å²) in [5.74, 6) is 1.62. The average Bonchev–Trinajstić information content (AvgIpc) is 3.04. The van der Waals surface area contributed by atoms with Crippen LogP contribution in [0.1, 0.15) is 19.8 Å². The summed E-state index contributed by atoms with van der Waals surface area (Å²) in [6.45, 7) is 6.36. The van der Waals surface area contributed by atoms with Gasteiger partial charge in [-0.3, -0.25) is 0 Å². The van der Waals surface area contributed by atoms with E-state index >= 15 is 0 Å². The summed E-state index contributed by atoms with van der Waals surface area (Å²) in [5, 5.41) is 15.6. The molecule has 0 atom stereocenters. The van der Waals surface area contributed by atoms with Gasteiger partial charge in [-0.15, -0.1) is 0 Å². The van der Waals surface area contributed by atoms with Crippen molar-refractivity contribution in [2.45, 2.75) is 19.8 Å². The van der Waals surface area contributed by atoms with E-state index in [0.29, 0.717) is 0 Å². The van der Waals surface area contributed by atoms with E-state index in [1.807, 2.05) is 35.0 Å². The lowest BCUT2D eigenvalue weighted by atomic mass is 9.97. The van der Waals surface area contributed by atoms with E-state index < -0.39 is 0 Å². The first-order valence-electron chi connectivity index (χ1n) is 7.68. The first-order valence-corrected chi connectivity index (χ1v) is 7.68. The Morgan fingerprint density at radius 1 is 1.19 bits per heavy atom. The predicted octanol–water partition coefficient (Wildman–Crippen LogP) is 1.49. The van der Waals surface area contributed by atoms with Crippen LogP contribution in [0.3, 0.4) is 0 Å². The van der Waals surface area contributed by atoms with E-state index in [1.54, 1.807) is 0 Å². The molecule has 112 valence electrons. The molecule has 0 unspecified atom stereocenters. The molecule has 0 radical (unpaired) electrons. The molecule has 3 rings (SSSR count). The minimum atomic E-state index is 0.766. The highest BCUT2D eigenvalue weighted by molar-refractivity contribution is 5.40. The number of tetrazole rings is 1.